The van der Waals surface area contributed by atoms with Crippen LogP contribution in [0.3, 0.4) is 0 Å². The molecule has 0 aromatic carbocycles. The van der Waals surface area contributed by atoms with Gasteiger partial charge in [0.1, 0.15) is 0 Å². The molecule has 1 atom stereocenters. The van der Waals surface area contributed by atoms with Crippen LogP contribution < -0.4 is 5.73 Å². The summed E-state index contributed by atoms with van der Waals surface area (Å²) in [6, 6.07) is 0.197. The van der Waals surface area contributed by atoms with Gasteiger partial charge in [0.05, 0.1) is 0 Å². The van der Waals surface area contributed by atoms with Gasteiger partial charge in [-0.2, -0.15) is 0 Å². The number of carbonyl (C=O) groups excluding carboxylic acids is 1. The number of hydrogen-bond acceptors (Lipinski definition) is 2. The minimum absolute atomic E-state index is 0.0920. The second-order valence-corrected chi connectivity index (χ2v) is 4.81. The van der Waals surface area contributed by atoms with E-state index in [1.54, 1.807) is 0 Å². The minimum Gasteiger partial charge on any atom is -0.338 e. The molecule has 3 nitrogen and oxygen atoms in total. The summed E-state index contributed by atoms with van der Waals surface area (Å²) in [5.74, 6) is 0.269. The first-order valence-electron chi connectivity index (χ1n) is 4.96. The first-order valence-corrected chi connectivity index (χ1v) is 4.96. The summed E-state index contributed by atoms with van der Waals surface area (Å²) in [6.07, 6.45) is 1.69. The smallest absolute Gasteiger partial charge is 0.222 e. The number of nitrogens with two attached hydrogens (primary N) is 1. The van der Waals surface area contributed by atoms with Crippen molar-refractivity contribution in [3.8, 4) is 0 Å². The first kappa shape index (κ1) is 10.5. The molecule has 13 heavy (non-hydrogen) atoms. The van der Waals surface area contributed by atoms with Crippen LogP contribution in [0.4, 0.5) is 0 Å². The maximum absolute atomic E-state index is 11.5. The Kier molecular flexibility index (Phi) is 2.96. The van der Waals surface area contributed by atoms with Crippen molar-refractivity contribution < 1.29 is 4.79 Å². The topological polar surface area (TPSA) is 46.3 Å². The van der Waals surface area contributed by atoms with Gasteiger partial charge in [-0.05, 0) is 11.8 Å². The molecule has 0 aromatic rings. The molecular weight excluding hydrogens is 164 g/mol. The number of rotatable bonds is 2. The molecule has 1 aliphatic heterocycles. The number of carbonyl (C=O) groups is 1. The van der Waals surface area contributed by atoms with E-state index in [-0.39, 0.29) is 17.4 Å². The van der Waals surface area contributed by atoms with Crippen LogP contribution >= 0.6 is 0 Å². The molecule has 0 radical (unpaired) electrons. The highest BCUT2D eigenvalue weighted by Crippen LogP contribution is 2.27. The van der Waals surface area contributed by atoms with Gasteiger partial charge >= 0.3 is 0 Å². The molecule has 1 fully saturated rings. The Morgan fingerprint density at radius 3 is 2.46 bits per heavy atom. The zero-order valence-electron chi connectivity index (χ0n) is 8.84. The van der Waals surface area contributed by atoms with Gasteiger partial charge in [-0.15, -0.1) is 0 Å². The third kappa shape index (κ3) is 2.21. The maximum atomic E-state index is 11.5. The second-order valence-electron chi connectivity index (χ2n) is 4.81. The van der Waals surface area contributed by atoms with Crippen molar-refractivity contribution >= 4 is 5.91 Å². The van der Waals surface area contributed by atoms with Crippen LogP contribution in [-0.2, 0) is 4.79 Å². The van der Waals surface area contributed by atoms with Crippen molar-refractivity contribution in [2.24, 2.45) is 11.1 Å². The highest BCUT2D eigenvalue weighted by molar-refractivity contribution is 5.78. The van der Waals surface area contributed by atoms with Gasteiger partial charge in [0.15, 0.2) is 0 Å². The third-order valence-electron chi connectivity index (χ3n) is 2.71. The van der Waals surface area contributed by atoms with E-state index in [0.717, 1.165) is 13.0 Å². The first-order chi connectivity index (χ1) is 5.96. The van der Waals surface area contributed by atoms with Crippen molar-refractivity contribution in [2.45, 2.75) is 39.7 Å². The van der Waals surface area contributed by atoms with Gasteiger partial charge in [0.2, 0.25) is 5.91 Å². The van der Waals surface area contributed by atoms with Crippen molar-refractivity contribution in [1.82, 2.24) is 4.90 Å². The number of nitrogens with zero attached hydrogens (tertiary/aromatic N) is 1. The van der Waals surface area contributed by atoms with E-state index in [9.17, 15) is 4.79 Å². The summed E-state index contributed by atoms with van der Waals surface area (Å²) < 4.78 is 0. The molecule has 0 saturated carbocycles. The van der Waals surface area contributed by atoms with E-state index >= 15 is 0 Å². The predicted molar refractivity (Wildman–Crippen MR) is 53.2 cm³/mol. The molecule has 1 saturated heterocycles. The molecule has 3 heteroatoms. The van der Waals surface area contributed by atoms with Crippen LogP contribution in [0.25, 0.3) is 0 Å². The second kappa shape index (κ2) is 3.66. The summed E-state index contributed by atoms with van der Waals surface area (Å²) in [7, 11) is 0. The lowest BCUT2D eigenvalue weighted by Gasteiger charge is -2.37. The molecule has 0 spiro atoms. The van der Waals surface area contributed by atoms with E-state index in [4.69, 9.17) is 5.73 Å². The van der Waals surface area contributed by atoms with E-state index in [2.05, 4.69) is 20.8 Å². The SMILES string of the molecule is CC(C)(C)C(CN)N1CCCC1=O. The normalized spacial score (nSPS) is 20.9. The molecule has 1 unspecified atom stereocenters. The molecule has 1 aliphatic rings. The monoisotopic (exact) mass is 184 g/mol. The Morgan fingerprint density at radius 2 is 2.15 bits per heavy atom. The molecule has 1 heterocycles. The Bertz CT molecular complexity index is 196. The molecule has 0 bridgehead atoms. The van der Waals surface area contributed by atoms with Gasteiger partial charge in [-0.25, -0.2) is 0 Å². The van der Waals surface area contributed by atoms with Crippen LogP contribution in [0.15, 0.2) is 0 Å². The summed E-state index contributed by atoms with van der Waals surface area (Å²) in [5, 5.41) is 0. The van der Waals surface area contributed by atoms with Crippen molar-refractivity contribution in [1.29, 1.82) is 0 Å². The van der Waals surface area contributed by atoms with Crippen LogP contribution in [-0.4, -0.2) is 29.9 Å². The average molecular weight is 184 g/mol. The highest BCUT2D eigenvalue weighted by Gasteiger charge is 2.34. The van der Waals surface area contributed by atoms with Crippen LogP contribution in [0.5, 0.6) is 0 Å². The standard InChI is InChI=1S/C10H20N2O/c1-10(2,3)8(7-11)12-6-4-5-9(12)13/h8H,4-7,11H2,1-3H3. The summed E-state index contributed by atoms with van der Waals surface area (Å²) in [5.41, 5.74) is 5.80. The highest BCUT2D eigenvalue weighted by atomic mass is 16.2. The number of likely N-dealkylation sites (tertiary alicyclic amines) is 1. The maximum Gasteiger partial charge on any atom is 0.222 e. The van der Waals surface area contributed by atoms with Crippen LogP contribution in [0.2, 0.25) is 0 Å². The Hall–Kier alpha value is -0.570. The van der Waals surface area contributed by atoms with Gasteiger partial charge in [0, 0.05) is 25.6 Å². The fourth-order valence-electron chi connectivity index (χ4n) is 1.95. The van der Waals surface area contributed by atoms with E-state index < -0.39 is 0 Å². The lowest BCUT2D eigenvalue weighted by Crippen LogP contribution is -2.49. The van der Waals surface area contributed by atoms with Gasteiger partial charge in [-0.3, -0.25) is 4.79 Å². The van der Waals surface area contributed by atoms with E-state index in [0.29, 0.717) is 13.0 Å². The minimum atomic E-state index is 0.0920. The van der Waals surface area contributed by atoms with Gasteiger partial charge < -0.3 is 10.6 Å². The van der Waals surface area contributed by atoms with Gasteiger partial charge in [-0.1, -0.05) is 20.8 Å². The zero-order chi connectivity index (χ0) is 10.1. The quantitative estimate of drug-likeness (QED) is 0.695. The summed E-state index contributed by atoms with van der Waals surface area (Å²) in [6.45, 7) is 7.86. The van der Waals surface area contributed by atoms with Crippen LogP contribution in [0, 0.1) is 5.41 Å². The zero-order valence-corrected chi connectivity index (χ0v) is 8.84. The van der Waals surface area contributed by atoms with Crippen molar-refractivity contribution in [3.05, 3.63) is 0 Å². The number of hydrogen-bond donors (Lipinski definition) is 1. The Morgan fingerprint density at radius 1 is 1.54 bits per heavy atom. The average Bonchev–Trinajstić information content (AvgIpc) is 2.35. The van der Waals surface area contributed by atoms with E-state index in [1.165, 1.54) is 0 Å². The fraction of sp³-hybridized carbons (Fsp3) is 0.900. The Labute approximate surface area is 80.3 Å². The number of amides is 1. The molecule has 0 aromatic heterocycles. The molecule has 0 aliphatic carbocycles. The molecule has 1 rings (SSSR count). The lowest BCUT2D eigenvalue weighted by molar-refractivity contribution is -0.131. The summed E-state index contributed by atoms with van der Waals surface area (Å²) >= 11 is 0. The predicted octanol–water partition coefficient (Wildman–Crippen LogP) is 0.982. The van der Waals surface area contributed by atoms with Crippen molar-refractivity contribution in [2.75, 3.05) is 13.1 Å². The largest absolute Gasteiger partial charge is 0.338 e. The molecule has 1 amide bonds. The van der Waals surface area contributed by atoms with Crippen molar-refractivity contribution in [3.63, 3.8) is 0 Å². The molecule has 2 N–H and O–H groups in total. The summed E-state index contributed by atoms with van der Waals surface area (Å²) in [4.78, 5) is 13.4. The molecule has 76 valence electrons. The van der Waals surface area contributed by atoms with Crippen LogP contribution in [0.1, 0.15) is 33.6 Å². The van der Waals surface area contributed by atoms with Gasteiger partial charge in [0.25, 0.3) is 0 Å². The fourth-order valence-corrected chi connectivity index (χ4v) is 1.95. The van der Waals surface area contributed by atoms with E-state index in [1.807, 2.05) is 4.90 Å². The molecular formula is C10H20N2O. The lowest BCUT2D eigenvalue weighted by atomic mass is 9.86. The third-order valence-corrected chi connectivity index (χ3v) is 2.71. The Balaban J connectivity index is 2.71.